The van der Waals surface area contributed by atoms with Gasteiger partial charge in [-0.2, -0.15) is 13.2 Å². The molecule has 1 aliphatic rings. The molecule has 1 nitrogen and oxygen atoms in total. The van der Waals surface area contributed by atoms with E-state index in [1.807, 2.05) is 0 Å². The molecule has 106 valence electrons. The van der Waals surface area contributed by atoms with Gasteiger partial charge < -0.3 is 5.73 Å². The first-order chi connectivity index (χ1) is 8.97. The van der Waals surface area contributed by atoms with Crippen LogP contribution in [-0.4, -0.2) is 0 Å². The molecule has 0 saturated heterocycles. The predicted molar refractivity (Wildman–Crippen MR) is 69.6 cm³/mol. The molecule has 1 aromatic rings. The molecule has 2 N–H and O–H groups in total. The van der Waals surface area contributed by atoms with Crippen LogP contribution in [0, 0.1) is 5.92 Å². The van der Waals surface area contributed by atoms with Crippen molar-refractivity contribution in [1.29, 1.82) is 0 Å². The molecule has 0 heterocycles. The zero-order chi connectivity index (χ0) is 13.9. The van der Waals surface area contributed by atoms with E-state index in [1.54, 1.807) is 6.07 Å². The Balaban J connectivity index is 2.04. The lowest BCUT2D eigenvalue weighted by molar-refractivity contribution is -0.137. The topological polar surface area (TPSA) is 26.0 Å². The lowest BCUT2D eigenvalue weighted by Gasteiger charge is -2.25. The lowest BCUT2D eigenvalue weighted by Crippen LogP contribution is -2.18. The minimum Gasteiger partial charge on any atom is -0.324 e. The highest BCUT2D eigenvalue weighted by Gasteiger charge is 2.31. The Morgan fingerprint density at radius 2 is 1.84 bits per heavy atom. The molecule has 1 aliphatic carbocycles. The largest absolute Gasteiger partial charge is 0.416 e. The number of benzene rings is 1. The van der Waals surface area contributed by atoms with E-state index in [2.05, 4.69) is 0 Å². The Kier molecular flexibility index (Phi) is 4.50. The zero-order valence-electron chi connectivity index (χ0n) is 10.9. The summed E-state index contributed by atoms with van der Waals surface area (Å²) in [6.45, 7) is 0. The second kappa shape index (κ2) is 5.95. The van der Waals surface area contributed by atoms with Crippen LogP contribution in [-0.2, 0) is 6.18 Å². The molecule has 19 heavy (non-hydrogen) atoms. The molecule has 0 aliphatic heterocycles. The first-order valence-corrected chi connectivity index (χ1v) is 6.89. The average Bonchev–Trinajstić information content (AvgIpc) is 2.39. The first-order valence-electron chi connectivity index (χ1n) is 6.89. The summed E-state index contributed by atoms with van der Waals surface area (Å²) >= 11 is 0. The van der Waals surface area contributed by atoms with Gasteiger partial charge in [-0.3, -0.25) is 0 Å². The van der Waals surface area contributed by atoms with Gasteiger partial charge in [0.1, 0.15) is 0 Å². The summed E-state index contributed by atoms with van der Waals surface area (Å²) < 4.78 is 37.9. The van der Waals surface area contributed by atoms with E-state index >= 15 is 0 Å². The number of halogens is 3. The third-order valence-corrected chi connectivity index (χ3v) is 3.95. The first kappa shape index (κ1) is 14.4. The van der Waals surface area contributed by atoms with Crippen molar-refractivity contribution in [2.45, 2.75) is 50.7 Å². The van der Waals surface area contributed by atoms with Crippen molar-refractivity contribution >= 4 is 0 Å². The van der Waals surface area contributed by atoms with Gasteiger partial charge in [-0.1, -0.05) is 44.2 Å². The fourth-order valence-corrected chi connectivity index (χ4v) is 2.86. The van der Waals surface area contributed by atoms with Gasteiger partial charge in [-0.25, -0.2) is 0 Å². The molecule has 0 radical (unpaired) electrons. The SMILES string of the molecule is NC(CC1CCCCC1)c1cccc(C(F)(F)F)c1. The van der Waals surface area contributed by atoms with E-state index in [0.29, 0.717) is 11.5 Å². The second-order valence-electron chi connectivity index (χ2n) is 5.47. The number of alkyl halides is 3. The molecule has 2 rings (SSSR count). The van der Waals surface area contributed by atoms with Gasteiger partial charge in [0.05, 0.1) is 5.56 Å². The summed E-state index contributed by atoms with van der Waals surface area (Å²) in [5.74, 6) is 0.568. The summed E-state index contributed by atoms with van der Waals surface area (Å²) in [6.07, 6.45) is 2.54. The van der Waals surface area contributed by atoms with Crippen LogP contribution < -0.4 is 5.73 Å². The van der Waals surface area contributed by atoms with E-state index < -0.39 is 11.7 Å². The fourth-order valence-electron chi connectivity index (χ4n) is 2.86. The molecule has 1 saturated carbocycles. The number of hydrogen-bond donors (Lipinski definition) is 1. The smallest absolute Gasteiger partial charge is 0.324 e. The third kappa shape index (κ3) is 3.96. The van der Waals surface area contributed by atoms with Crippen molar-refractivity contribution < 1.29 is 13.2 Å². The van der Waals surface area contributed by atoms with E-state index in [1.165, 1.54) is 31.4 Å². The lowest BCUT2D eigenvalue weighted by atomic mass is 9.83. The Morgan fingerprint density at radius 1 is 1.16 bits per heavy atom. The van der Waals surface area contributed by atoms with Gasteiger partial charge in [-0.15, -0.1) is 0 Å². The predicted octanol–water partition coefficient (Wildman–Crippen LogP) is 4.68. The van der Waals surface area contributed by atoms with Gasteiger partial charge >= 0.3 is 6.18 Å². The fraction of sp³-hybridized carbons (Fsp3) is 0.600. The average molecular weight is 271 g/mol. The summed E-state index contributed by atoms with van der Waals surface area (Å²) in [5, 5.41) is 0. The van der Waals surface area contributed by atoms with E-state index in [0.717, 1.165) is 25.3 Å². The van der Waals surface area contributed by atoms with Crippen LogP contribution in [0.3, 0.4) is 0 Å². The summed E-state index contributed by atoms with van der Waals surface area (Å²) in [7, 11) is 0. The van der Waals surface area contributed by atoms with Crippen molar-refractivity contribution in [1.82, 2.24) is 0 Å². The molecular formula is C15H20F3N. The highest BCUT2D eigenvalue weighted by Crippen LogP contribution is 2.33. The molecular weight excluding hydrogens is 251 g/mol. The van der Waals surface area contributed by atoms with Gasteiger partial charge in [-0.05, 0) is 30.0 Å². The standard InChI is InChI=1S/C15H20F3N/c16-15(17,18)13-8-4-7-12(10-13)14(19)9-11-5-2-1-3-6-11/h4,7-8,10-11,14H,1-3,5-6,9,19H2. The molecule has 1 fully saturated rings. The van der Waals surface area contributed by atoms with E-state index in [4.69, 9.17) is 5.73 Å². The molecule has 4 heteroatoms. The monoisotopic (exact) mass is 271 g/mol. The Hall–Kier alpha value is -1.03. The minimum absolute atomic E-state index is 0.287. The maximum absolute atomic E-state index is 12.6. The van der Waals surface area contributed by atoms with Crippen LogP contribution in [0.4, 0.5) is 13.2 Å². The molecule has 1 aromatic carbocycles. The van der Waals surface area contributed by atoms with Gasteiger partial charge in [0, 0.05) is 6.04 Å². The second-order valence-corrected chi connectivity index (χ2v) is 5.47. The highest BCUT2D eigenvalue weighted by molar-refractivity contribution is 5.27. The van der Waals surface area contributed by atoms with Gasteiger partial charge in [0.15, 0.2) is 0 Å². The van der Waals surface area contributed by atoms with Crippen molar-refractivity contribution in [3.05, 3.63) is 35.4 Å². The Labute approximate surface area is 112 Å². The Morgan fingerprint density at radius 3 is 2.47 bits per heavy atom. The molecule has 0 spiro atoms. The van der Waals surface area contributed by atoms with Crippen LogP contribution in [0.1, 0.15) is 55.7 Å². The van der Waals surface area contributed by atoms with Crippen molar-refractivity contribution in [3.63, 3.8) is 0 Å². The summed E-state index contributed by atoms with van der Waals surface area (Å²) in [6, 6.07) is 5.14. The van der Waals surface area contributed by atoms with Crippen LogP contribution in [0.15, 0.2) is 24.3 Å². The van der Waals surface area contributed by atoms with Gasteiger partial charge in [0.2, 0.25) is 0 Å². The molecule has 0 amide bonds. The molecule has 1 unspecified atom stereocenters. The Bertz CT molecular complexity index is 408. The van der Waals surface area contributed by atoms with Gasteiger partial charge in [0.25, 0.3) is 0 Å². The highest BCUT2D eigenvalue weighted by atomic mass is 19.4. The number of nitrogens with two attached hydrogens (primary N) is 1. The molecule has 0 bridgehead atoms. The maximum atomic E-state index is 12.6. The van der Waals surface area contributed by atoms with Crippen LogP contribution in [0.5, 0.6) is 0 Å². The van der Waals surface area contributed by atoms with Crippen molar-refractivity contribution in [3.8, 4) is 0 Å². The zero-order valence-corrected chi connectivity index (χ0v) is 10.9. The van der Waals surface area contributed by atoms with E-state index in [-0.39, 0.29) is 6.04 Å². The molecule has 0 aromatic heterocycles. The van der Waals surface area contributed by atoms with Crippen LogP contribution >= 0.6 is 0 Å². The normalized spacial score (nSPS) is 19.4. The van der Waals surface area contributed by atoms with Crippen LogP contribution in [0.25, 0.3) is 0 Å². The summed E-state index contributed by atoms with van der Waals surface area (Å²) in [4.78, 5) is 0. The number of hydrogen-bond acceptors (Lipinski definition) is 1. The quantitative estimate of drug-likeness (QED) is 0.849. The van der Waals surface area contributed by atoms with Crippen molar-refractivity contribution in [2.75, 3.05) is 0 Å². The molecule has 1 atom stereocenters. The van der Waals surface area contributed by atoms with Crippen molar-refractivity contribution in [2.24, 2.45) is 11.7 Å². The number of rotatable bonds is 3. The third-order valence-electron chi connectivity index (χ3n) is 3.95. The summed E-state index contributed by atoms with van der Waals surface area (Å²) in [5.41, 5.74) is 6.06. The van der Waals surface area contributed by atoms with Crippen LogP contribution in [0.2, 0.25) is 0 Å². The minimum atomic E-state index is -4.29. The maximum Gasteiger partial charge on any atom is 0.416 e. The van der Waals surface area contributed by atoms with E-state index in [9.17, 15) is 13.2 Å².